The highest BCUT2D eigenvalue weighted by Crippen LogP contribution is 1.80. The van der Waals surface area contributed by atoms with Crippen molar-refractivity contribution in [2.45, 2.75) is 6.92 Å². The van der Waals surface area contributed by atoms with Crippen LogP contribution in [0.15, 0.2) is 14.4 Å². The van der Waals surface area contributed by atoms with Crippen molar-refractivity contribution >= 4 is 5.78 Å². The molecular weight excluding hydrogens is 190 g/mol. The summed E-state index contributed by atoms with van der Waals surface area (Å²) in [6, 6.07) is 0. The SMILES string of the molecule is Cc1nnc2[nH]c(=O)c(=O)[nH]n2c1=O. The number of H-pyrrole nitrogens is 2. The van der Waals surface area contributed by atoms with Gasteiger partial charge in [0, 0.05) is 0 Å². The van der Waals surface area contributed by atoms with Crippen molar-refractivity contribution < 1.29 is 0 Å². The van der Waals surface area contributed by atoms with Crippen molar-refractivity contribution in [1.29, 1.82) is 0 Å². The van der Waals surface area contributed by atoms with Gasteiger partial charge in [-0.3, -0.25) is 19.4 Å². The molecule has 0 radical (unpaired) electrons. The molecule has 2 heterocycles. The van der Waals surface area contributed by atoms with Crippen LogP contribution in [0.4, 0.5) is 0 Å². The Bertz CT molecular complexity index is 663. The number of fused-ring (bicyclic) bond motifs is 1. The summed E-state index contributed by atoms with van der Waals surface area (Å²) in [7, 11) is 0. The van der Waals surface area contributed by atoms with Crippen LogP contribution < -0.4 is 16.7 Å². The number of nitrogens with one attached hydrogen (secondary N) is 2. The number of hydrogen-bond donors (Lipinski definition) is 2. The van der Waals surface area contributed by atoms with Gasteiger partial charge in [0.2, 0.25) is 0 Å². The van der Waals surface area contributed by atoms with Crippen LogP contribution in [0, 0.1) is 6.92 Å². The Morgan fingerprint density at radius 2 is 1.86 bits per heavy atom. The molecule has 72 valence electrons. The van der Waals surface area contributed by atoms with Crippen LogP contribution in [-0.2, 0) is 0 Å². The zero-order chi connectivity index (χ0) is 10.3. The Balaban J connectivity index is 3.13. The lowest BCUT2D eigenvalue weighted by atomic mass is 10.5. The Labute approximate surface area is 75.2 Å². The summed E-state index contributed by atoms with van der Waals surface area (Å²) in [5.74, 6) is -0.0924. The smallest absolute Gasteiger partial charge is 0.285 e. The molecule has 0 amide bonds. The van der Waals surface area contributed by atoms with Gasteiger partial charge in [0.1, 0.15) is 5.69 Å². The minimum Gasteiger partial charge on any atom is -0.285 e. The zero-order valence-corrected chi connectivity index (χ0v) is 7.07. The first-order chi connectivity index (χ1) is 6.59. The van der Waals surface area contributed by atoms with Crippen molar-refractivity contribution in [1.82, 2.24) is 24.8 Å². The fourth-order valence-corrected chi connectivity index (χ4v) is 0.963. The summed E-state index contributed by atoms with van der Waals surface area (Å²) in [6.45, 7) is 1.45. The Kier molecular flexibility index (Phi) is 1.56. The van der Waals surface area contributed by atoms with Gasteiger partial charge in [0.15, 0.2) is 0 Å². The molecule has 8 heteroatoms. The molecule has 0 saturated heterocycles. The van der Waals surface area contributed by atoms with Crippen LogP contribution in [0.5, 0.6) is 0 Å². The predicted molar refractivity (Wildman–Crippen MR) is 45.2 cm³/mol. The molecule has 0 aliphatic rings. The maximum atomic E-state index is 11.4. The first-order valence-corrected chi connectivity index (χ1v) is 3.68. The lowest BCUT2D eigenvalue weighted by molar-refractivity contribution is 0.752. The summed E-state index contributed by atoms with van der Waals surface area (Å²) >= 11 is 0. The van der Waals surface area contributed by atoms with Crippen LogP contribution >= 0.6 is 0 Å². The van der Waals surface area contributed by atoms with Gasteiger partial charge in [0.05, 0.1) is 0 Å². The highest BCUT2D eigenvalue weighted by molar-refractivity contribution is 5.21. The van der Waals surface area contributed by atoms with Gasteiger partial charge >= 0.3 is 11.1 Å². The van der Waals surface area contributed by atoms with E-state index in [1.165, 1.54) is 6.92 Å². The second-order valence-electron chi connectivity index (χ2n) is 2.64. The maximum Gasteiger partial charge on any atom is 0.328 e. The minimum absolute atomic E-state index is 0.0924. The average Bonchev–Trinajstić information content (AvgIpc) is 2.15. The topological polar surface area (TPSA) is 113 Å². The quantitative estimate of drug-likeness (QED) is 0.462. The number of rotatable bonds is 0. The van der Waals surface area contributed by atoms with Crippen molar-refractivity contribution in [2.24, 2.45) is 0 Å². The molecule has 0 spiro atoms. The van der Waals surface area contributed by atoms with E-state index in [4.69, 9.17) is 0 Å². The first kappa shape index (κ1) is 8.35. The van der Waals surface area contributed by atoms with Gasteiger partial charge in [-0.1, -0.05) is 0 Å². The lowest BCUT2D eigenvalue weighted by Gasteiger charge is -1.97. The van der Waals surface area contributed by atoms with Crippen LogP contribution in [0.3, 0.4) is 0 Å². The summed E-state index contributed by atoms with van der Waals surface area (Å²) in [4.78, 5) is 35.2. The van der Waals surface area contributed by atoms with Crippen molar-refractivity contribution in [3.05, 3.63) is 36.8 Å². The molecular formula is C6H5N5O3. The van der Waals surface area contributed by atoms with E-state index in [9.17, 15) is 14.4 Å². The van der Waals surface area contributed by atoms with E-state index >= 15 is 0 Å². The van der Waals surface area contributed by atoms with Crippen LogP contribution in [-0.4, -0.2) is 24.8 Å². The summed E-state index contributed by atoms with van der Waals surface area (Å²) in [5.41, 5.74) is -2.18. The van der Waals surface area contributed by atoms with Crippen molar-refractivity contribution in [3.63, 3.8) is 0 Å². The fourth-order valence-electron chi connectivity index (χ4n) is 0.963. The highest BCUT2D eigenvalue weighted by Gasteiger charge is 2.04. The molecule has 0 saturated carbocycles. The third-order valence-corrected chi connectivity index (χ3v) is 1.66. The van der Waals surface area contributed by atoms with E-state index in [1.54, 1.807) is 0 Å². The molecule has 2 aromatic rings. The van der Waals surface area contributed by atoms with Gasteiger partial charge in [-0.25, -0.2) is 5.10 Å². The van der Waals surface area contributed by atoms with Crippen LogP contribution in [0.25, 0.3) is 5.78 Å². The Morgan fingerprint density at radius 3 is 2.57 bits per heavy atom. The Hall–Kier alpha value is -2.25. The monoisotopic (exact) mass is 195 g/mol. The second kappa shape index (κ2) is 2.62. The molecule has 14 heavy (non-hydrogen) atoms. The molecule has 0 aliphatic heterocycles. The molecule has 0 aliphatic carbocycles. The molecule has 2 N–H and O–H groups in total. The summed E-state index contributed by atoms with van der Waals surface area (Å²) < 4.78 is 0.839. The second-order valence-corrected chi connectivity index (χ2v) is 2.64. The number of aromatic nitrogens is 5. The number of aryl methyl sites for hydroxylation is 1. The van der Waals surface area contributed by atoms with Gasteiger partial charge in [0.25, 0.3) is 11.3 Å². The first-order valence-electron chi connectivity index (χ1n) is 3.68. The summed E-state index contributed by atoms with van der Waals surface area (Å²) in [6.07, 6.45) is 0. The van der Waals surface area contributed by atoms with Gasteiger partial charge in [-0.15, -0.1) is 10.2 Å². The molecule has 8 nitrogen and oxygen atoms in total. The molecule has 2 rings (SSSR count). The van der Waals surface area contributed by atoms with Crippen LogP contribution in [0.2, 0.25) is 0 Å². The Morgan fingerprint density at radius 1 is 1.14 bits per heavy atom. The van der Waals surface area contributed by atoms with Gasteiger partial charge < -0.3 is 0 Å². The van der Waals surface area contributed by atoms with E-state index in [2.05, 4.69) is 20.3 Å². The largest absolute Gasteiger partial charge is 0.328 e. The van der Waals surface area contributed by atoms with Crippen molar-refractivity contribution in [3.8, 4) is 0 Å². The van der Waals surface area contributed by atoms with E-state index < -0.39 is 16.7 Å². The molecule has 0 atom stereocenters. The average molecular weight is 195 g/mol. The fraction of sp³-hybridized carbons (Fsp3) is 0.167. The van der Waals surface area contributed by atoms with E-state index in [0.717, 1.165) is 4.52 Å². The van der Waals surface area contributed by atoms with E-state index in [-0.39, 0.29) is 11.5 Å². The van der Waals surface area contributed by atoms with E-state index in [1.807, 2.05) is 0 Å². The zero-order valence-electron chi connectivity index (χ0n) is 7.07. The lowest BCUT2D eigenvalue weighted by Crippen LogP contribution is -2.37. The predicted octanol–water partition coefficient (Wildman–Crippen LogP) is -2.23. The summed E-state index contributed by atoms with van der Waals surface area (Å²) in [5, 5.41) is 9.10. The minimum atomic E-state index is -0.910. The highest BCUT2D eigenvalue weighted by atomic mass is 16.2. The molecule has 0 fully saturated rings. The third kappa shape index (κ3) is 1.04. The molecule has 2 aromatic heterocycles. The standard InChI is InChI=1S/C6H5N5O3/c1-2-5(14)11-6(9-8-2)7-3(12)4(13)10-11/h1H3,(H,10,13)(H,7,9,12). The van der Waals surface area contributed by atoms with Crippen molar-refractivity contribution in [2.75, 3.05) is 0 Å². The maximum absolute atomic E-state index is 11.4. The number of aromatic amines is 2. The third-order valence-electron chi connectivity index (χ3n) is 1.66. The molecule has 0 unspecified atom stereocenters. The molecule has 0 bridgehead atoms. The normalized spacial score (nSPS) is 10.6. The van der Waals surface area contributed by atoms with Crippen LogP contribution in [0.1, 0.15) is 5.69 Å². The number of hydrogen-bond acceptors (Lipinski definition) is 5. The van der Waals surface area contributed by atoms with E-state index in [0.29, 0.717) is 0 Å². The molecule has 0 aromatic carbocycles. The van der Waals surface area contributed by atoms with Gasteiger partial charge in [-0.2, -0.15) is 4.52 Å². The number of nitrogens with zero attached hydrogens (tertiary/aromatic N) is 3. The van der Waals surface area contributed by atoms with Gasteiger partial charge in [-0.05, 0) is 6.92 Å².